The van der Waals surface area contributed by atoms with E-state index in [4.69, 9.17) is 0 Å². The normalized spacial score (nSPS) is 11.1. The Bertz CT molecular complexity index is 430. The molecule has 0 amide bonds. The predicted octanol–water partition coefficient (Wildman–Crippen LogP) is 5.66. The van der Waals surface area contributed by atoms with Crippen LogP contribution in [-0.2, 0) is 0 Å². The Balaban J connectivity index is 2.35. The molecule has 0 aliphatic rings. The lowest BCUT2D eigenvalue weighted by molar-refractivity contribution is 0.0965. The van der Waals surface area contributed by atoms with Gasteiger partial charge in [-0.3, -0.25) is 4.79 Å². The highest BCUT2D eigenvalue weighted by molar-refractivity contribution is 7.99. The van der Waals surface area contributed by atoms with Crippen LogP contribution in [0.25, 0.3) is 0 Å². The molecule has 2 nitrogen and oxygen atoms in total. The molecule has 0 fully saturated rings. The van der Waals surface area contributed by atoms with Gasteiger partial charge in [-0.2, -0.15) is 0 Å². The van der Waals surface area contributed by atoms with Gasteiger partial charge >= 0.3 is 0 Å². The maximum Gasteiger partial charge on any atom is 0.164 e. The van der Waals surface area contributed by atoms with Crippen molar-refractivity contribution in [3.05, 3.63) is 29.8 Å². The standard InChI is InChI=1S/C20H33NOS/c1-4-7-8-9-17-23-19-12-10-18(11-13-19)20(22)14-16-21(6-3)15-5-2/h10-13H,4-9,14-17H2,1-3H3. The summed E-state index contributed by atoms with van der Waals surface area (Å²) in [6, 6.07) is 8.18. The fraction of sp³-hybridized carbons (Fsp3) is 0.650. The Labute approximate surface area is 147 Å². The Morgan fingerprint density at radius 3 is 2.30 bits per heavy atom. The second-order valence-corrected chi connectivity index (χ2v) is 7.21. The summed E-state index contributed by atoms with van der Waals surface area (Å²) in [6.45, 7) is 9.56. The lowest BCUT2D eigenvalue weighted by Crippen LogP contribution is -2.26. The molecule has 0 spiro atoms. The van der Waals surface area contributed by atoms with E-state index in [-0.39, 0.29) is 5.78 Å². The fourth-order valence-corrected chi connectivity index (χ4v) is 3.52. The van der Waals surface area contributed by atoms with Crippen LogP contribution in [0, 0.1) is 0 Å². The van der Waals surface area contributed by atoms with Gasteiger partial charge in [-0.05, 0) is 43.8 Å². The summed E-state index contributed by atoms with van der Waals surface area (Å²) in [5.74, 6) is 1.44. The van der Waals surface area contributed by atoms with E-state index in [0.29, 0.717) is 6.42 Å². The third-order valence-electron chi connectivity index (χ3n) is 4.09. The van der Waals surface area contributed by atoms with E-state index in [1.54, 1.807) is 0 Å². The van der Waals surface area contributed by atoms with Gasteiger partial charge < -0.3 is 4.90 Å². The number of nitrogens with zero attached hydrogens (tertiary/aromatic N) is 1. The van der Waals surface area contributed by atoms with E-state index in [1.165, 1.54) is 36.3 Å². The SMILES string of the molecule is CCCCCCSc1ccc(C(=O)CCN(CC)CCC)cc1. The van der Waals surface area contributed by atoms with Crippen molar-refractivity contribution in [2.75, 3.05) is 25.4 Å². The average molecular weight is 336 g/mol. The zero-order chi connectivity index (χ0) is 16.9. The van der Waals surface area contributed by atoms with Crippen LogP contribution in [0.2, 0.25) is 0 Å². The molecule has 3 heteroatoms. The first kappa shape index (κ1) is 20.2. The number of thioether (sulfide) groups is 1. The third kappa shape index (κ3) is 8.57. The molecular formula is C20H33NOS. The van der Waals surface area contributed by atoms with Crippen LogP contribution in [0.5, 0.6) is 0 Å². The molecule has 0 unspecified atom stereocenters. The summed E-state index contributed by atoms with van der Waals surface area (Å²) in [5.41, 5.74) is 0.855. The summed E-state index contributed by atoms with van der Waals surface area (Å²) in [6.07, 6.45) is 6.99. The number of unbranched alkanes of at least 4 members (excludes halogenated alkanes) is 3. The number of ketones is 1. The second-order valence-electron chi connectivity index (χ2n) is 6.04. The van der Waals surface area contributed by atoms with E-state index < -0.39 is 0 Å². The Kier molecular flexibility index (Phi) is 11.1. The number of rotatable bonds is 13. The first-order valence-electron chi connectivity index (χ1n) is 9.19. The number of hydrogen-bond donors (Lipinski definition) is 0. The summed E-state index contributed by atoms with van der Waals surface area (Å²) >= 11 is 1.90. The highest BCUT2D eigenvalue weighted by Crippen LogP contribution is 2.20. The fourth-order valence-electron chi connectivity index (χ4n) is 2.60. The molecule has 130 valence electrons. The number of hydrogen-bond acceptors (Lipinski definition) is 3. The Hall–Kier alpha value is -0.800. The maximum absolute atomic E-state index is 12.3. The lowest BCUT2D eigenvalue weighted by Gasteiger charge is -2.18. The smallest absolute Gasteiger partial charge is 0.164 e. The van der Waals surface area contributed by atoms with Crippen LogP contribution in [-0.4, -0.2) is 36.1 Å². The number of Topliss-reactive ketones (excluding diaryl/α,β-unsaturated/α-hetero) is 1. The summed E-state index contributed by atoms with van der Waals surface area (Å²) in [4.78, 5) is 15.9. The zero-order valence-electron chi connectivity index (χ0n) is 15.1. The van der Waals surface area contributed by atoms with Crippen LogP contribution in [0.4, 0.5) is 0 Å². The van der Waals surface area contributed by atoms with Gasteiger partial charge in [-0.1, -0.05) is 52.2 Å². The Morgan fingerprint density at radius 1 is 0.957 bits per heavy atom. The number of carbonyl (C=O) groups is 1. The van der Waals surface area contributed by atoms with Crippen molar-refractivity contribution >= 4 is 17.5 Å². The highest BCUT2D eigenvalue weighted by Gasteiger charge is 2.08. The molecule has 0 heterocycles. The first-order chi connectivity index (χ1) is 11.2. The van der Waals surface area contributed by atoms with Gasteiger partial charge in [0.1, 0.15) is 0 Å². The zero-order valence-corrected chi connectivity index (χ0v) is 16.0. The van der Waals surface area contributed by atoms with Gasteiger partial charge in [0.05, 0.1) is 0 Å². The summed E-state index contributed by atoms with van der Waals surface area (Å²) in [5, 5.41) is 0. The van der Waals surface area contributed by atoms with Crippen molar-refractivity contribution in [3.63, 3.8) is 0 Å². The molecule has 0 saturated heterocycles. The quantitative estimate of drug-likeness (QED) is 0.263. The Morgan fingerprint density at radius 2 is 1.70 bits per heavy atom. The van der Waals surface area contributed by atoms with E-state index in [2.05, 4.69) is 37.8 Å². The molecular weight excluding hydrogens is 302 g/mol. The van der Waals surface area contributed by atoms with Crippen LogP contribution in [0.3, 0.4) is 0 Å². The van der Waals surface area contributed by atoms with Crippen molar-refractivity contribution in [1.82, 2.24) is 4.90 Å². The topological polar surface area (TPSA) is 20.3 Å². The molecule has 0 bridgehead atoms. The van der Waals surface area contributed by atoms with E-state index in [1.807, 2.05) is 23.9 Å². The van der Waals surface area contributed by atoms with Gasteiger partial charge in [0, 0.05) is 23.4 Å². The molecule has 0 aliphatic carbocycles. The molecule has 0 aromatic heterocycles. The molecule has 0 N–H and O–H groups in total. The second kappa shape index (κ2) is 12.6. The van der Waals surface area contributed by atoms with Crippen molar-refractivity contribution in [1.29, 1.82) is 0 Å². The predicted molar refractivity (Wildman–Crippen MR) is 103 cm³/mol. The van der Waals surface area contributed by atoms with Gasteiger partial charge in [0.15, 0.2) is 5.78 Å². The van der Waals surface area contributed by atoms with E-state index in [9.17, 15) is 4.79 Å². The van der Waals surface area contributed by atoms with Crippen LogP contribution >= 0.6 is 11.8 Å². The van der Waals surface area contributed by atoms with Crippen molar-refractivity contribution < 1.29 is 4.79 Å². The largest absolute Gasteiger partial charge is 0.303 e. The molecule has 1 rings (SSSR count). The summed E-state index contributed by atoms with van der Waals surface area (Å²) in [7, 11) is 0. The minimum absolute atomic E-state index is 0.263. The van der Waals surface area contributed by atoms with Crippen molar-refractivity contribution in [3.8, 4) is 0 Å². The third-order valence-corrected chi connectivity index (χ3v) is 5.18. The molecule has 0 radical (unpaired) electrons. The maximum atomic E-state index is 12.3. The van der Waals surface area contributed by atoms with Gasteiger partial charge in [-0.15, -0.1) is 11.8 Å². The molecule has 1 aromatic carbocycles. The molecule has 0 saturated carbocycles. The molecule has 0 atom stereocenters. The van der Waals surface area contributed by atoms with Gasteiger partial charge in [-0.25, -0.2) is 0 Å². The molecule has 23 heavy (non-hydrogen) atoms. The van der Waals surface area contributed by atoms with Crippen LogP contribution in [0.15, 0.2) is 29.2 Å². The lowest BCUT2D eigenvalue weighted by atomic mass is 10.1. The average Bonchev–Trinajstić information content (AvgIpc) is 2.58. The molecule has 1 aromatic rings. The minimum atomic E-state index is 0.263. The van der Waals surface area contributed by atoms with Crippen molar-refractivity contribution in [2.45, 2.75) is 64.2 Å². The van der Waals surface area contributed by atoms with Crippen LogP contribution < -0.4 is 0 Å². The highest BCUT2D eigenvalue weighted by atomic mass is 32.2. The first-order valence-corrected chi connectivity index (χ1v) is 10.2. The van der Waals surface area contributed by atoms with E-state index >= 15 is 0 Å². The number of carbonyl (C=O) groups excluding carboxylic acids is 1. The van der Waals surface area contributed by atoms with Gasteiger partial charge in [0.25, 0.3) is 0 Å². The minimum Gasteiger partial charge on any atom is -0.303 e. The van der Waals surface area contributed by atoms with Crippen LogP contribution in [0.1, 0.15) is 69.7 Å². The van der Waals surface area contributed by atoms with Crippen molar-refractivity contribution in [2.24, 2.45) is 0 Å². The van der Waals surface area contributed by atoms with Gasteiger partial charge in [0.2, 0.25) is 0 Å². The van der Waals surface area contributed by atoms with E-state index in [0.717, 1.165) is 31.6 Å². The summed E-state index contributed by atoms with van der Waals surface area (Å²) < 4.78 is 0. The monoisotopic (exact) mass is 335 g/mol. The number of benzene rings is 1. The molecule has 0 aliphatic heterocycles.